The lowest BCUT2D eigenvalue weighted by Gasteiger charge is -2.09. The Kier molecular flexibility index (Phi) is 6.32. The monoisotopic (exact) mass is 439 g/mol. The van der Waals surface area contributed by atoms with Crippen molar-refractivity contribution in [3.8, 4) is 28.4 Å². The first-order chi connectivity index (χ1) is 15.2. The fourth-order valence-electron chi connectivity index (χ4n) is 3.04. The highest BCUT2D eigenvalue weighted by Gasteiger charge is 2.17. The summed E-state index contributed by atoms with van der Waals surface area (Å²) in [5.74, 6) is 1.85. The lowest BCUT2D eigenvalue weighted by molar-refractivity contribution is -0.142. The molecule has 0 spiro atoms. The van der Waals surface area contributed by atoms with Gasteiger partial charge in [-0.3, -0.25) is 10.2 Å². The standard InChI is InChI=1S/C22H21N3O5S/c1-3-28-21(26)9-16-12-31-22(24-16)25-23-11-15-8-19-20(30-13-29-19)10-18(15)14-4-6-17(27-2)7-5-14/h4-8,10-12H,3,9,13H2,1-2H3,(H,24,25). The van der Waals surface area contributed by atoms with Crippen LogP contribution in [0.5, 0.6) is 17.2 Å². The maximum absolute atomic E-state index is 11.6. The number of nitrogens with zero attached hydrogens (tertiary/aromatic N) is 2. The molecular formula is C22H21N3O5S. The highest BCUT2D eigenvalue weighted by Crippen LogP contribution is 2.38. The quantitative estimate of drug-likeness (QED) is 0.321. The molecule has 1 aliphatic heterocycles. The molecule has 0 radical (unpaired) electrons. The molecule has 31 heavy (non-hydrogen) atoms. The zero-order valence-electron chi connectivity index (χ0n) is 17.1. The van der Waals surface area contributed by atoms with E-state index in [1.165, 1.54) is 11.3 Å². The highest BCUT2D eigenvalue weighted by atomic mass is 32.1. The number of carbonyl (C=O) groups is 1. The van der Waals surface area contributed by atoms with E-state index in [0.717, 1.165) is 22.4 Å². The number of ether oxygens (including phenoxy) is 4. The molecule has 8 nitrogen and oxygen atoms in total. The number of methoxy groups -OCH3 is 1. The molecule has 9 heteroatoms. The van der Waals surface area contributed by atoms with Gasteiger partial charge in [0.2, 0.25) is 11.9 Å². The summed E-state index contributed by atoms with van der Waals surface area (Å²) in [6.45, 7) is 2.32. The topological polar surface area (TPSA) is 91.3 Å². The van der Waals surface area contributed by atoms with Crippen LogP contribution in [0.2, 0.25) is 0 Å². The number of hydrogen-bond acceptors (Lipinski definition) is 9. The summed E-state index contributed by atoms with van der Waals surface area (Å²) in [7, 11) is 1.64. The average molecular weight is 439 g/mol. The van der Waals surface area contributed by atoms with Crippen LogP contribution in [0.4, 0.5) is 5.13 Å². The van der Waals surface area contributed by atoms with Gasteiger partial charge in [-0.2, -0.15) is 5.10 Å². The summed E-state index contributed by atoms with van der Waals surface area (Å²) >= 11 is 1.37. The van der Waals surface area contributed by atoms with Crippen molar-refractivity contribution in [3.05, 3.63) is 53.0 Å². The molecule has 4 rings (SSSR count). The summed E-state index contributed by atoms with van der Waals surface area (Å²) in [6.07, 6.45) is 1.84. The Morgan fingerprint density at radius 2 is 2.03 bits per heavy atom. The third kappa shape index (κ3) is 4.95. The third-order valence-electron chi connectivity index (χ3n) is 4.49. The summed E-state index contributed by atoms with van der Waals surface area (Å²) in [6, 6.07) is 11.6. The minimum atomic E-state index is -0.299. The van der Waals surface area contributed by atoms with E-state index in [0.29, 0.717) is 28.9 Å². The van der Waals surface area contributed by atoms with Crippen LogP contribution >= 0.6 is 11.3 Å². The van der Waals surface area contributed by atoms with E-state index in [2.05, 4.69) is 15.5 Å². The Morgan fingerprint density at radius 3 is 2.77 bits per heavy atom. The fourth-order valence-corrected chi connectivity index (χ4v) is 3.70. The summed E-state index contributed by atoms with van der Waals surface area (Å²) in [5, 5.41) is 6.71. The van der Waals surface area contributed by atoms with Gasteiger partial charge in [0, 0.05) is 10.9 Å². The van der Waals surface area contributed by atoms with E-state index >= 15 is 0 Å². The third-order valence-corrected chi connectivity index (χ3v) is 5.29. The number of thiazole rings is 1. The van der Waals surface area contributed by atoms with Crippen LogP contribution in [-0.4, -0.2) is 37.7 Å². The van der Waals surface area contributed by atoms with E-state index in [4.69, 9.17) is 18.9 Å². The molecule has 0 amide bonds. The number of anilines is 1. The number of carbonyl (C=O) groups excluding carboxylic acids is 1. The number of hydrazone groups is 1. The Balaban J connectivity index is 1.53. The molecular weight excluding hydrogens is 418 g/mol. The Bertz CT molecular complexity index is 1100. The molecule has 0 saturated heterocycles. The lowest BCUT2D eigenvalue weighted by Crippen LogP contribution is -2.07. The minimum Gasteiger partial charge on any atom is -0.497 e. The second-order valence-electron chi connectivity index (χ2n) is 6.52. The first-order valence-electron chi connectivity index (χ1n) is 9.63. The Hall–Kier alpha value is -3.59. The van der Waals surface area contributed by atoms with Gasteiger partial charge < -0.3 is 18.9 Å². The molecule has 0 unspecified atom stereocenters. The first-order valence-corrected chi connectivity index (χ1v) is 10.5. The predicted molar refractivity (Wildman–Crippen MR) is 118 cm³/mol. The smallest absolute Gasteiger partial charge is 0.311 e. The maximum Gasteiger partial charge on any atom is 0.311 e. The van der Waals surface area contributed by atoms with Crippen LogP contribution < -0.4 is 19.6 Å². The van der Waals surface area contributed by atoms with Crippen molar-refractivity contribution in [2.45, 2.75) is 13.3 Å². The van der Waals surface area contributed by atoms with E-state index in [1.807, 2.05) is 36.4 Å². The number of esters is 1. The van der Waals surface area contributed by atoms with Crippen LogP contribution in [-0.2, 0) is 16.0 Å². The van der Waals surface area contributed by atoms with E-state index < -0.39 is 0 Å². The molecule has 0 fully saturated rings. The van der Waals surface area contributed by atoms with Gasteiger partial charge in [-0.05, 0) is 42.3 Å². The SMILES string of the molecule is CCOC(=O)Cc1csc(NN=Cc2cc3c(cc2-c2ccc(OC)cc2)OCO3)n1. The van der Waals surface area contributed by atoms with Crippen molar-refractivity contribution in [1.82, 2.24) is 4.98 Å². The minimum absolute atomic E-state index is 0.138. The zero-order chi connectivity index (χ0) is 21.6. The number of rotatable bonds is 8. The van der Waals surface area contributed by atoms with Crippen LogP contribution in [0, 0.1) is 0 Å². The normalized spacial score (nSPS) is 12.2. The van der Waals surface area contributed by atoms with Crippen molar-refractivity contribution >= 4 is 28.7 Å². The molecule has 3 aromatic rings. The Morgan fingerprint density at radius 1 is 1.26 bits per heavy atom. The van der Waals surface area contributed by atoms with Crippen molar-refractivity contribution in [2.75, 3.05) is 25.9 Å². The zero-order valence-corrected chi connectivity index (χ0v) is 17.9. The second-order valence-corrected chi connectivity index (χ2v) is 7.38. The number of nitrogens with one attached hydrogen (secondary N) is 1. The van der Waals surface area contributed by atoms with Crippen LogP contribution in [0.3, 0.4) is 0 Å². The number of benzene rings is 2. The highest BCUT2D eigenvalue weighted by molar-refractivity contribution is 7.13. The van der Waals surface area contributed by atoms with Gasteiger partial charge in [0.25, 0.3) is 0 Å². The number of hydrogen-bond donors (Lipinski definition) is 1. The van der Waals surface area contributed by atoms with E-state index in [-0.39, 0.29) is 19.2 Å². The molecule has 1 aliphatic rings. The van der Waals surface area contributed by atoms with Crippen LogP contribution in [0.1, 0.15) is 18.2 Å². The molecule has 1 aromatic heterocycles. The first kappa shape index (κ1) is 20.7. The molecule has 1 N–H and O–H groups in total. The average Bonchev–Trinajstić information content (AvgIpc) is 3.42. The van der Waals surface area contributed by atoms with Gasteiger partial charge in [-0.25, -0.2) is 4.98 Å². The molecule has 0 atom stereocenters. The molecule has 2 heterocycles. The second kappa shape index (κ2) is 9.48. The van der Waals surface area contributed by atoms with Gasteiger partial charge in [0.15, 0.2) is 11.5 Å². The van der Waals surface area contributed by atoms with Crippen molar-refractivity contribution < 1.29 is 23.7 Å². The summed E-state index contributed by atoms with van der Waals surface area (Å²) in [4.78, 5) is 15.9. The fraction of sp³-hybridized carbons (Fsp3) is 0.227. The summed E-state index contributed by atoms with van der Waals surface area (Å²) < 4.78 is 21.2. The number of fused-ring (bicyclic) bond motifs is 1. The largest absolute Gasteiger partial charge is 0.497 e. The van der Waals surface area contributed by atoms with E-state index in [9.17, 15) is 4.79 Å². The van der Waals surface area contributed by atoms with E-state index in [1.54, 1.807) is 25.6 Å². The van der Waals surface area contributed by atoms with Crippen molar-refractivity contribution in [1.29, 1.82) is 0 Å². The molecule has 0 aliphatic carbocycles. The summed E-state index contributed by atoms with van der Waals surface area (Å²) in [5.41, 5.74) is 6.35. The predicted octanol–water partition coefficient (Wildman–Crippen LogP) is 4.10. The molecule has 0 saturated carbocycles. The van der Waals surface area contributed by atoms with Crippen LogP contribution in [0.15, 0.2) is 46.9 Å². The van der Waals surface area contributed by atoms with Gasteiger partial charge in [0.1, 0.15) is 5.75 Å². The van der Waals surface area contributed by atoms with Gasteiger partial charge in [-0.1, -0.05) is 12.1 Å². The van der Waals surface area contributed by atoms with Crippen LogP contribution in [0.25, 0.3) is 11.1 Å². The molecule has 160 valence electrons. The Labute approximate surface area is 183 Å². The lowest BCUT2D eigenvalue weighted by atomic mass is 9.99. The van der Waals surface area contributed by atoms with Crippen molar-refractivity contribution in [2.24, 2.45) is 5.10 Å². The van der Waals surface area contributed by atoms with Gasteiger partial charge in [-0.15, -0.1) is 11.3 Å². The van der Waals surface area contributed by atoms with Gasteiger partial charge in [0.05, 0.1) is 32.0 Å². The molecule has 2 aromatic carbocycles. The van der Waals surface area contributed by atoms with Crippen molar-refractivity contribution in [3.63, 3.8) is 0 Å². The van der Waals surface area contributed by atoms with Gasteiger partial charge >= 0.3 is 5.97 Å². The number of aromatic nitrogens is 1. The molecule has 0 bridgehead atoms. The maximum atomic E-state index is 11.6.